The molecule has 1 heterocycles. The monoisotopic (exact) mass is 357 g/mol. The van der Waals surface area contributed by atoms with Crippen LogP contribution in [0.1, 0.15) is 12.7 Å². The molecule has 0 aliphatic heterocycles. The van der Waals surface area contributed by atoms with Crippen molar-refractivity contribution < 1.29 is 0 Å². The van der Waals surface area contributed by atoms with E-state index in [2.05, 4.69) is 31.2 Å². The van der Waals surface area contributed by atoms with Crippen LogP contribution in [0, 0.1) is 0 Å². The number of benzene rings is 1. The van der Waals surface area contributed by atoms with E-state index in [-0.39, 0.29) is 0 Å². The normalized spacial score (nSPS) is 10.5. The van der Waals surface area contributed by atoms with Crippen molar-refractivity contribution in [3.05, 3.63) is 45.8 Å². The fourth-order valence-electron chi connectivity index (χ4n) is 1.47. The van der Waals surface area contributed by atoms with Crippen molar-refractivity contribution in [1.82, 2.24) is 9.97 Å². The minimum Gasteiger partial charge on any atom is -0.369 e. The Bertz CT molecular complexity index is 565. The predicted octanol–water partition coefficient (Wildman–Crippen LogP) is 4.62. The summed E-state index contributed by atoms with van der Waals surface area (Å²) < 4.78 is 0.880. The van der Waals surface area contributed by atoms with Crippen molar-refractivity contribution in [3.8, 4) is 0 Å². The van der Waals surface area contributed by atoms with Gasteiger partial charge in [-0.05, 0) is 41.1 Å². The maximum Gasteiger partial charge on any atom is 0.144 e. The molecular weight excluding hydrogens is 346 g/mol. The number of hydrogen-bond acceptors (Lipinski definition) is 4. The lowest BCUT2D eigenvalue weighted by atomic mass is 10.4. The lowest BCUT2D eigenvalue weighted by Gasteiger charge is -2.07. The molecule has 0 aliphatic carbocycles. The van der Waals surface area contributed by atoms with Gasteiger partial charge in [-0.25, -0.2) is 9.97 Å². The highest BCUT2D eigenvalue weighted by atomic mass is 79.9. The lowest BCUT2D eigenvalue weighted by molar-refractivity contribution is 1.01. The maximum atomic E-state index is 5.95. The number of anilines is 1. The van der Waals surface area contributed by atoms with Gasteiger partial charge in [0.25, 0.3) is 0 Å². The molecule has 0 aliphatic rings. The first-order valence-corrected chi connectivity index (χ1v) is 7.98. The third kappa shape index (κ3) is 4.37. The van der Waals surface area contributed by atoms with Gasteiger partial charge in [-0.2, -0.15) is 0 Å². The molecule has 0 fully saturated rings. The van der Waals surface area contributed by atoms with E-state index in [1.54, 1.807) is 18.0 Å². The van der Waals surface area contributed by atoms with E-state index in [1.165, 1.54) is 0 Å². The standard InChI is InChI=1S/C13H13BrClN3S/c1-2-16-13-11(14)7-17-12(18-13)8-19-10-5-3-4-9(15)6-10/h3-7H,2,8H2,1H3,(H,16,17,18). The van der Waals surface area contributed by atoms with Gasteiger partial charge in [0.1, 0.15) is 11.6 Å². The molecule has 0 unspecified atom stereocenters. The average Bonchev–Trinajstić information content (AvgIpc) is 2.40. The molecule has 0 atom stereocenters. The second kappa shape index (κ2) is 7.12. The Balaban J connectivity index is 2.05. The molecule has 19 heavy (non-hydrogen) atoms. The van der Waals surface area contributed by atoms with Gasteiger partial charge in [-0.15, -0.1) is 11.8 Å². The van der Waals surface area contributed by atoms with E-state index in [9.17, 15) is 0 Å². The summed E-state index contributed by atoms with van der Waals surface area (Å²) in [4.78, 5) is 9.90. The van der Waals surface area contributed by atoms with Crippen LogP contribution >= 0.6 is 39.3 Å². The van der Waals surface area contributed by atoms with E-state index in [0.717, 1.165) is 32.6 Å². The van der Waals surface area contributed by atoms with Crippen LogP contribution in [0.15, 0.2) is 39.8 Å². The summed E-state index contributed by atoms with van der Waals surface area (Å²) >= 11 is 11.0. The molecule has 2 rings (SSSR count). The van der Waals surface area contributed by atoms with Crippen LogP contribution in [0.3, 0.4) is 0 Å². The molecule has 0 saturated heterocycles. The SMILES string of the molecule is CCNc1nc(CSc2cccc(Cl)c2)ncc1Br. The van der Waals surface area contributed by atoms with E-state index in [1.807, 2.05) is 31.2 Å². The zero-order chi connectivity index (χ0) is 13.7. The number of rotatable bonds is 5. The van der Waals surface area contributed by atoms with Gasteiger partial charge in [0, 0.05) is 22.7 Å². The van der Waals surface area contributed by atoms with Gasteiger partial charge < -0.3 is 5.32 Å². The van der Waals surface area contributed by atoms with Crippen LogP contribution in [-0.4, -0.2) is 16.5 Å². The first-order chi connectivity index (χ1) is 9.19. The molecule has 0 bridgehead atoms. The third-order valence-electron chi connectivity index (χ3n) is 2.30. The van der Waals surface area contributed by atoms with Crippen molar-refractivity contribution in [2.24, 2.45) is 0 Å². The molecule has 2 aromatic rings. The quantitative estimate of drug-likeness (QED) is 0.792. The third-order valence-corrected chi connectivity index (χ3v) is 4.11. The van der Waals surface area contributed by atoms with E-state index in [0.29, 0.717) is 5.75 Å². The summed E-state index contributed by atoms with van der Waals surface area (Å²) in [7, 11) is 0. The number of hydrogen-bond donors (Lipinski definition) is 1. The fourth-order valence-corrected chi connectivity index (χ4v) is 2.88. The largest absolute Gasteiger partial charge is 0.369 e. The second-order valence-corrected chi connectivity index (χ2v) is 6.10. The number of nitrogens with zero attached hydrogens (tertiary/aromatic N) is 2. The molecule has 0 saturated carbocycles. The number of nitrogens with one attached hydrogen (secondary N) is 1. The average molecular weight is 359 g/mol. The smallest absolute Gasteiger partial charge is 0.144 e. The predicted molar refractivity (Wildman–Crippen MR) is 84.9 cm³/mol. The van der Waals surface area contributed by atoms with Crippen LogP contribution in [-0.2, 0) is 5.75 Å². The van der Waals surface area contributed by atoms with Crippen molar-refractivity contribution in [3.63, 3.8) is 0 Å². The molecule has 1 aromatic carbocycles. The topological polar surface area (TPSA) is 37.8 Å². The molecule has 100 valence electrons. The summed E-state index contributed by atoms with van der Waals surface area (Å²) in [6, 6.07) is 7.78. The van der Waals surface area contributed by atoms with Crippen LogP contribution in [0.4, 0.5) is 5.82 Å². The first kappa shape index (κ1) is 14.6. The van der Waals surface area contributed by atoms with Crippen LogP contribution in [0.2, 0.25) is 5.02 Å². The van der Waals surface area contributed by atoms with Gasteiger partial charge in [-0.3, -0.25) is 0 Å². The van der Waals surface area contributed by atoms with E-state index >= 15 is 0 Å². The molecule has 6 heteroatoms. The highest BCUT2D eigenvalue weighted by molar-refractivity contribution is 9.10. The van der Waals surface area contributed by atoms with Gasteiger partial charge in [-0.1, -0.05) is 17.7 Å². The summed E-state index contributed by atoms with van der Waals surface area (Å²) in [6.07, 6.45) is 1.78. The van der Waals surface area contributed by atoms with Crippen molar-refractivity contribution in [2.45, 2.75) is 17.6 Å². The molecule has 0 spiro atoms. The lowest BCUT2D eigenvalue weighted by Crippen LogP contribution is -2.03. The van der Waals surface area contributed by atoms with Crippen LogP contribution in [0.25, 0.3) is 0 Å². The zero-order valence-electron chi connectivity index (χ0n) is 10.4. The number of halogens is 2. The number of aromatic nitrogens is 2. The molecule has 0 radical (unpaired) electrons. The Morgan fingerprint density at radius 1 is 1.42 bits per heavy atom. The minimum atomic E-state index is 0.714. The Kier molecular flexibility index (Phi) is 5.48. The van der Waals surface area contributed by atoms with Crippen LogP contribution in [0.5, 0.6) is 0 Å². The first-order valence-electron chi connectivity index (χ1n) is 5.82. The Morgan fingerprint density at radius 2 is 2.26 bits per heavy atom. The minimum absolute atomic E-state index is 0.714. The fraction of sp³-hybridized carbons (Fsp3) is 0.231. The second-order valence-electron chi connectivity index (χ2n) is 3.76. The van der Waals surface area contributed by atoms with E-state index in [4.69, 9.17) is 11.6 Å². The highest BCUT2D eigenvalue weighted by Gasteiger charge is 2.05. The van der Waals surface area contributed by atoms with Crippen molar-refractivity contribution >= 4 is 45.1 Å². The van der Waals surface area contributed by atoms with Gasteiger partial charge in [0.05, 0.1) is 10.2 Å². The summed E-state index contributed by atoms with van der Waals surface area (Å²) in [5.74, 6) is 2.34. The zero-order valence-corrected chi connectivity index (χ0v) is 13.5. The van der Waals surface area contributed by atoms with Crippen LogP contribution < -0.4 is 5.32 Å². The van der Waals surface area contributed by atoms with E-state index < -0.39 is 0 Å². The van der Waals surface area contributed by atoms with Crippen molar-refractivity contribution in [1.29, 1.82) is 0 Å². The van der Waals surface area contributed by atoms with Gasteiger partial charge in [0.15, 0.2) is 0 Å². The molecule has 0 amide bonds. The Labute approximate surface area is 130 Å². The Hall–Kier alpha value is -0.780. The van der Waals surface area contributed by atoms with Gasteiger partial charge in [0.2, 0.25) is 0 Å². The molecule has 1 aromatic heterocycles. The number of thioether (sulfide) groups is 1. The summed E-state index contributed by atoms with van der Waals surface area (Å²) in [5, 5.41) is 3.94. The highest BCUT2D eigenvalue weighted by Crippen LogP contribution is 2.25. The molecule has 3 nitrogen and oxygen atoms in total. The molecular formula is C13H13BrClN3S. The van der Waals surface area contributed by atoms with Gasteiger partial charge >= 0.3 is 0 Å². The molecule has 1 N–H and O–H groups in total. The Morgan fingerprint density at radius 3 is 3.00 bits per heavy atom. The van der Waals surface area contributed by atoms with Crippen molar-refractivity contribution in [2.75, 3.05) is 11.9 Å². The maximum absolute atomic E-state index is 5.95. The summed E-state index contributed by atoms with van der Waals surface area (Å²) in [6.45, 7) is 2.87. The summed E-state index contributed by atoms with van der Waals surface area (Å²) in [5.41, 5.74) is 0.